The maximum atomic E-state index is 3.25. The molecule has 0 amide bonds. The molecular weight excluding hydrogens is 411 g/mol. The van der Waals surface area contributed by atoms with E-state index in [9.17, 15) is 0 Å². The molecule has 0 bridgehead atoms. The van der Waals surface area contributed by atoms with E-state index in [1.165, 1.54) is 32.7 Å². The van der Waals surface area contributed by atoms with E-state index in [0.29, 0.717) is 0 Å². The van der Waals surface area contributed by atoms with Gasteiger partial charge in [0.05, 0.1) is 0 Å². The van der Waals surface area contributed by atoms with Crippen LogP contribution in [0.3, 0.4) is 0 Å². The predicted molar refractivity (Wildman–Crippen MR) is 121 cm³/mol. The molecule has 0 nitrogen and oxygen atoms in total. The van der Waals surface area contributed by atoms with Gasteiger partial charge in [0.1, 0.15) is 0 Å². The zero-order valence-electron chi connectivity index (χ0n) is 15.3. The van der Waals surface area contributed by atoms with Gasteiger partial charge in [0.25, 0.3) is 0 Å². The third-order valence-corrected chi connectivity index (χ3v) is 3.77. The summed E-state index contributed by atoms with van der Waals surface area (Å²) in [6, 6.07) is 17.6. The van der Waals surface area contributed by atoms with Crippen molar-refractivity contribution in [3.63, 3.8) is 0 Å². The van der Waals surface area contributed by atoms with E-state index in [4.69, 9.17) is 0 Å². The normalized spacial score (nSPS) is 10.7. The number of halogens is 2. The van der Waals surface area contributed by atoms with Gasteiger partial charge < -0.3 is 13.8 Å². The van der Waals surface area contributed by atoms with Gasteiger partial charge in [-0.25, -0.2) is 0 Å². The van der Waals surface area contributed by atoms with Crippen LogP contribution in [0.1, 0.15) is 25.8 Å². The summed E-state index contributed by atoms with van der Waals surface area (Å²) in [5.41, 5.74) is 2.81. The van der Waals surface area contributed by atoms with Gasteiger partial charge in [0.15, 0.2) is 0 Å². The number of benzene rings is 2. The van der Waals surface area contributed by atoms with Crippen LogP contribution in [-0.4, -0.2) is 7.63 Å². The Bertz CT molecular complexity index is 834. The second kappa shape index (κ2) is 15.4. The fourth-order valence-corrected chi connectivity index (χ4v) is 2.91. The molecule has 0 spiro atoms. The fourth-order valence-electron chi connectivity index (χ4n) is 2.91. The molecule has 4 heteroatoms. The first-order valence-corrected chi connectivity index (χ1v) is 10.9. The average Bonchev–Trinajstić information content (AvgIpc) is 3.34. The summed E-state index contributed by atoms with van der Waals surface area (Å²) in [4.78, 5) is 0. The topological polar surface area (TPSA) is 0 Å². The second-order valence-electron chi connectivity index (χ2n) is 4.82. The molecule has 0 fully saturated rings. The molecule has 0 aliphatic heterocycles. The van der Waals surface area contributed by atoms with E-state index >= 15 is 0 Å². The van der Waals surface area contributed by atoms with Gasteiger partial charge in [-0.15, -0.1) is 58.5 Å². The van der Waals surface area contributed by atoms with Crippen LogP contribution in [0, 0.1) is 13.8 Å². The van der Waals surface area contributed by atoms with Gasteiger partial charge in [-0.3, -0.25) is 0 Å². The Hall–Kier alpha value is -0.699. The predicted octanol–water partition coefficient (Wildman–Crippen LogP) is 7.20. The Kier molecular flexibility index (Phi) is 16.3. The minimum atomic E-state index is 0. The van der Waals surface area contributed by atoms with Crippen LogP contribution in [0.2, 0.25) is 0 Å². The molecule has 0 unspecified atom stereocenters. The summed E-state index contributed by atoms with van der Waals surface area (Å²) in [5, 5.41) is 5.46. The van der Waals surface area contributed by atoms with Crippen molar-refractivity contribution < 1.29 is 19.2 Å². The fraction of sp³-hybridized carbons (Fsp3) is 0.136. The Labute approximate surface area is 184 Å². The molecule has 1 aliphatic rings. The van der Waals surface area contributed by atoms with Crippen molar-refractivity contribution in [3.05, 3.63) is 86.2 Å². The van der Waals surface area contributed by atoms with Gasteiger partial charge in [0.2, 0.25) is 0 Å². The number of hydrogen-bond acceptors (Lipinski definition) is 0. The Morgan fingerprint density at radius 2 is 1.50 bits per heavy atom. The van der Waals surface area contributed by atoms with Crippen molar-refractivity contribution in [2.75, 3.05) is 0 Å². The number of fused-ring (bicyclic) bond motifs is 3. The Balaban J connectivity index is 0. The van der Waals surface area contributed by atoms with Gasteiger partial charge in [-0.2, -0.15) is 13.8 Å². The van der Waals surface area contributed by atoms with E-state index in [-0.39, 0.29) is 24.8 Å². The first-order chi connectivity index (χ1) is 11.9. The summed E-state index contributed by atoms with van der Waals surface area (Å²) in [7, 11) is 2.97. The van der Waals surface area contributed by atoms with Crippen molar-refractivity contribution in [2.24, 2.45) is 0 Å². The van der Waals surface area contributed by atoms with Crippen molar-refractivity contribution >= 4 is 59.6 Å². The number of allylic oxidation sites excluding steroid dienone is 4. The van der Waals surface area contributed by atoms with Gasteiger partial charge in [0, 0.05) is 0 Å². The molecule has 0 N–H and O–H groups in total. The van der Waals surface area contributed by atoms with Crippen molar-refractivity contribution in [1.29, 1.82) is 0 Å². The summed E-state index contributed by atoms with van der Waals surface area (Å²) in [6.07, 6.45) is 7.65. The van der Waals surface area contributed by atoms with E-state index < -0.39 is 0 Å². The van der Waals surface area contributed by atoms with Crippen LogP contribution in [0.15, 0.2) is 66.8 Å². The number of hydrogen-bond donors (Lipinski definition) is 0. The molecule has 0 aromatic heterocycles. The first-order valence-electron chi connectivity index (χ1n) is 8.03. The second-order valence-corrected chi connectivity index (χ2v) is 4.82. The van der Waals surface area contributed by atoms with Crippen LogP contribution < -0.4 is 0 Å². The van der Waals surface area contributed by atoms with Crippen LogP contribution in [0.5, 0.6) is 0 Å². The molecule has 1 aliphatic carbocycles. The summed E-state index contributed by atoms with van der Waals surface area (Å²) in [6.45, 7) is 10.0. The molecule has 0 heterocycles. The standard InChI is InChI=1S/C18H13.2C2H5.2ClH.Si.Ti/c1-2-7-13(6-1)15-10-5-11-17-16-9-4-3-8-14(16)12-18(15)17;2*1-2;;;;/h1-6,8-12H,7H2;2*1H2,2H3;2*1H;;/q3*-1;;;;. The Morgan fingerprint density at radius 1 is 0.885 bits per heavy atom. The molecule has 3 aromatic carbocycles. The van der Waals surface area contributed by atoms with Crippen LogP contribution >= 0.6 is 24.8 Å². The maximum absolute atomic E-state index is 3.25. The van der Waals surface area contributed by atoms with Gasteiger partial charge >= 0.3 is 26.8 Å². The van der Waals surface area contributed by atoms with E-state index in [1.807, 2.05) is 0 Å². The summed E-state index contributed by atoms with van der Waals surface area (Å²) in [5.74, 6) is 0. The average molecular weight is 436 g/mol. The zero-order chi connectivity index (χ0) is 17.9. The molecule has 3 aromatic rings. The molecule has 138 valence electrons. The quantitative estimate of drug-likeness (QED) is 0.280. The number of rotatable bonds is 1. The van der Waals surface area contributed by atoms with Crippen molar-refractivity contribution in [1.82, 2.24) is 0 Å². The minimum absolute atomic E-state index is 0. The Morgan fingerprint density at radius 3 is 2.12 bits per heavy atom. The van der Waals surface area contributed by atoms with Crippen molar-refractivity contribution in [3.8, 4) is 0 Å². The monoisotopic (exact) mass is 435 g/mol. The van der Waals surface area contributed by atoms with Crippen LogP contribution in [0.4, 0.5) is 0 Å². The van der Waals surface area contributed by atoms with Gasteiger partial charge in [-0.05, 0) is 6.42 Å². The molecule has 26 heavy (non-hydrogen) atoms. The van der Waals surface area contributed by atoms with Crippen LogP contribution in [-0.2, 0) is 19.2 Å². The molecule has 4 rings (SSSR count). The summed E-state index contributed by atoms with van der Waals surface area (Å²) >= 11 is 1.81. The SMILES string of the molecule is C1=CCC(c2cccc3c2[cH-]c2ccccc23)=C1.Cl.Cl.[CH2-]C.[CH2-]C.[Si]=[Ti]. The molecule has 0 saturated heterocycles. The van der Waals surface area contributed by atoms with Crippen LogP contribution in [0.25, 0.3) is 27.1 Å². The van der Waals surface area contributed by atoms with E-state index in [2.05, 4.69) is 88.2 Å². The van der Waals surface area contributed by atoms with Crippen molar-refractivity contribution in [2.45, 2.75) is 20.3 Å². The van der Waals surface area contributed by atoms with E-state index in [0.717, 1.165) is 6.42 Å². The summed E-state index contributed by atoms with van der Waals surface area (Å²) < 4.78 is 0. The van der Waals surface area contributed by atoms with Gasteiger partial charge in [-0.1, -0.05) is 65.8 Å². The third-order valence-electron chi connectivity index (χ3n) is 3.77. The zero-order valence-corrected chi connectivity index (χ0v) is 19.5. The molecule has 0 saturated carbocycles. The third kappa shape index (κ3) is 6.18. The van der Waals surface area contributed by atoms with E-state index in [1.54, 1.807) is 33.0 Å². The molecular formula is C22H25Cl2SiTi-3. The first kappa shape index (κ1) is 27.5. The molecule has 0 atom stereocenters. The molecule has 2 radical (unpaired) electrons.